The monoisotopic (exact) mass is 468 g/mol. The van der Waals surface area contributed by atoms with Crippen molar-refractivity contribution in [2.75, 3.05) is 20.8 Å². The molecule has 158 valence electrons. The van der Waals surface area contributed by atoms with Crippen LogP contribution < -0.4 is 9.47 Å². The molecule has 1 heterocycles. The van der Waals surface area contributed by atoms with E-state index in [1.807, 2.05) is 16.7 Å². The van der Waals surface area contributed by atoms with Crippen LogP contribution in [-0.4, -0.2) is 40.5 Å². The van der Waals surface area contributed by atoms with Crippen molar-refractivity contribution in [3.63, 3.8) is 0 Å². The molecule has 0 unspecified atom stereocenters. The van der Waals surface area contributed by atoms with Crippen molar-refractivity contribution in [2.24, 2.45) is 0 Å². The Hall–Kier alpha value is -2.49. The van der Waals surface area contributed by atoms with Gasteiger partial charge in [-0.15, -0.1) is 10.2 Å². The molecule has 0 N–H and O–H groups in total. The first-order chi connectivity index (χ1) is 14.3. The Morgan fingerprint density at radius 2 is 1.77 bits per heavy atom. The molecule has 0 bridgehead atoms. The second-order valence-corrected chi connectivity index (χ2v) is 8.21. The molecular weight excluding hydrogens is 451 g/mol. The molecule has 11 heteroatoms. The van der Waals surface area contributed by atoms with Crippen molar-refractivity contribution < 1.29 is 14.4 Å². The van der Waals surface area contributed by atoms with Gasteiger partial charge in [0.2, 0.25) is 6.54 Å². The molecule has 0 aliphatic rings. The molecule has 0 spiro atoms. The first-order valence-corrected chi connectivity index (χ1v) is 10.4. The zero-order valence-electron chi connectivity index (χ0n) is 16.3. The zero-order chi connectivity index (χ0) is 21.8. The summed E-state index contributed by atoms with van der Waals surface area (Å²) < 4.78 is 12.4. The minimum atomic E-state index is -0.637. The number of hydrogen-bond acceptors (Lipinski definition) is 7. The lowest BCUT2D eigenvalue weighted by molar-refractivity contribution is -0.479. The second-order valence-electron chi connectivity index (χ2n) is 6.19. The van der Waals surface area contributed by atoms with Crippen LogP contribution in [0.1, 0.15) is 16.6 Å². The van der Waals surface area contributed by atoms with Crippen LogP contribution in [0.5, 0.6) is 11.5 Å². The maximum Gasteiger partial charge on any atom is 0.220 e. The Morgan fingerprint density at radius 1 is 1.13 bits per heavy atom. The van der Waals surface area contributed by atoms with E-state index in [-0.39, 0.29) is 11.5 Å². The van der Waals surface area contributed by atoms with Crippen molar-refractivity contribution in [3.8, 4) is 17.2 Å². The maximum atomic E-state index is 11.4. The van der Waals surface area contributed by atoms with E-state index >= 15 is 0 Å². The third kappa shape index (κ3) is 4.80. The highest BCUT2D eigenvalue weighted by atomic mass is 35.5. The van der Waals surface area contributed by atoms with Gasteiger partial charge in [0.25, 0.3) is 0 Å². The molecule has 0 amide bonds. The van der Waals surface area contributed by atoms with Crippen LogP contribution in [0.15, 0.2) is 41.6 Å². The molecule has 2 aromatic carbocycles. The molecule has 0 radical (unpaired) electrons. The summed E-state index contributed by atoms with van der Waals surface area (Å²) in [4.78, 5) is 11.0. The number of benzene rings is 2. The van der Waals surface area contributed by atoms with Gasteiger partial charge in [-0.3, -0.25) is 14.7 Å². The molecule has 3 rings (SSSR count). The second kappa shape index (κ2) is 9.55. The minimum absolute atomic E-state index is 0.335. The molecule has 0 fully saturated rings. The summed E-state index contributed by atoms with van der Waals surface area (Å²) in [5.74, 6) is 1.51. The highest BCUT2D eigenvalue weighted by Gasteiger charge is 2.27. The number of nitrogens with zero attached hydrogens (tertiary/aromatic N) is 4. The Morgan fingerprint density at radius 3 is 2.37 bits per heavy atom. The Bertz CT molecular complexity index is 1060. The third-order valence-electron chi connectivity index (χ3n) is 4.29. The number of rotatable bonds is 8. The summed E-state index contributed by atoms with van der Waals surface area (Å²) in [5, 5.41) is 20.5. The van der Waals surface area contributed by atoms with Gasteiger partial charge in [0.15, 0.2) is 16.7 Å². The largest absolute Gasteiger partial charge is 0.493 e. The van der Waals surface area contributed by atoms with E-state index in [4.69, 9.17) is 32.7 Å². The molecule has 3 aromatic rings. The van der Waals surface area contributed by atoms with Gasteiger partial charge in [-0.25, -0.2) is 0 Å². The number of aromatic nitrogens is 3. The lowest BCUT2D eigenvalue weighted by Crippen LogP contribution is -2.12. The topological polar surface area (TPSA) is 92.3 Å². The fourth-order valence-corrected chi connectivity index (χ4v) is 4.56. The van der Waals surface area contributed by atoms with E-state index in [0.29, 0.717) is 38.1 Å². The molecule has 8 nitrogen and oxygen atoms in total. The van der Waals surface area contributed by atoms with Crippen LogP contribution in [0.25, 0.3) is 5.69 Å². The molecule has 30 heavy (non-hydrogen) atoms. The van der Waals surface area contributed by atoms with Crippen LogP contribution in [0, 0.1) is 17.0 Å². The van der Waals surface area contributed by atoms with Gasteiger partial charge in [-0.1, -0.05) is 35.0 Å². The Labute approximate surface area is 187 Å². The normalized spacial score (nSPS) is 11.9. The van der Waals surface area contributed by atoms with E-state index in [0.717, 1.165) is 5.69 Å². The quantitative estimate of drug-likeness (QED) is 0.260. The van der Waals surface area contributed by atoms with E-state index in [1.165, 1.54) is 26.0 Å². The Balaban J connectivity index is 2.04. The van der Waals surface area contributed by atoms with E-state index in [9.17, 15) is 10.1 Å². The van der Waals surface area contributed by atoms with Gasteiger partial charge >= 0.3 is 0 Å². The average molecular weight is 469 g/mol. The van der Waals surface area contributed by atoms with Crippen LogP contribution in [0.2, 0.25) is 10.0 Å². The minimum Gasteiger partial charge on any atom is -0.493 e. The van der Waals surface area contributed by atoms with Crippen molar-refractivity contribution in [2.45, 2.75) is 17.3 Å². The van der Waals surface area contributed by atoms with E-state index in [1.54, 1.807) is 31.2 Å². The molecule has 0 aliphatic heterocycles. The number of hydrogen-bond donors (Lipinski definition) is 0. The molecule has 1 aromatic heterocycles. The SMILES string of the molecule is COc1cc(Cl)c([C@H](C[N+](=O)[O-])Sc2nnc(C)n2-c2ccc(Cl)cc2)cc1OC. The number of methoxy groups -OCH3 is 2. The average Bonchev–Trinajstić information content (AvgIpc) is 3.07. The van der Waals surface area contributed by atoms with Gasteiger partial charge in [0.1, 0.15) is 11.1 Å². The highest BCUT2D eigenvalue weighted by molar-refractivity contribution is 7.99. The first kappa shape index (κ1) is 22.2. The molecule has 0 saturated carbocycles. The number of halogens is 2. The van der Waals surface area contributed by atoms with Crippen molar-refractivity contribution in [3.05, 3.63) is 67.9 Å². The number of ether oxygens (including phenoxy) is 2. The summed E-state index contributed by atoms with van der Waals surface area (Å²) >= 11 is 13.6. The summed E-state index contributed by atoms with van der Waals surface area (Å²) in [6.45, 7) is 1.43. The zero-order valence-corrected chi connectivity index (χ0v) is 18.7. The lowest BCUT2D eigenvalue weighted by atomic mass is 10.1. The van der Waals surface area contributed by atoms with Crippen LogP contribution in [-0.2, 0) is 0 Å². The number of thioether (sulfide) groups is 1. The van der Waals surface area contributed by atoms with Crippen molar-refractivity contribution in [1.82, 2.24) is 14.8 Å². The molecule has 0 saturated heterocycles. The van der Waals surface area contributed by atoms with Crippen molar-refractivity contribution in [1.29, 1.82) is 0 Å². The van der Waals surface area contributed by atoms with Gasteiger partial charge < -0.3 is 9.47 Å². The molecule has 1 atom stereocenters. The maximum absolute atomic E-state index is 11.4. The third-order valence-corrected chi connectivity index (χ3v) is 6.03. The fraction of sp³-hybridized carbons (Fsp3) is 0.263. The predicted molar refractivity (Wildman–Crippen MR) is 116 cm³/mol. The summed E-state index contributed by atoms with van der Waals surface area (Å²) in [6.07, 6.45) is 0. The van der Waals surface area contributed by atoms with Gasteiger partial charge in [0, 0.05) is 26.7 Å². The summed E-state index contributed by atoms with van der Waals surface area (Å²) in [5.41, 5.74) is 1.34. The van der Waals surface area contributed by atoms with Crippen LogP contribution in [0.3, 0.4) is 0 Å². The number of nitro groups is 1. The number of aryl methyl sites for hydroxylation is 1. The van der Waals surface area contributed by atoms with Gasteiger partial charge in [-0.2, -0.15) is 0 Å². The van der Waals surface area contributed by atoms with E-state index in [2.05, 4.69) is 10.2 Å². The Kier molecular flexibility index (Phi) is 7.06. The van der Waals surface area contributed by atoms with Crippen LogP contribution >= 0.6 is 35.0 Å². The van der Waals surface area contributed by atoms with E-state index < -0.39 is 5.25 Å². The van der Waals surface area contributed by atoms with Crippen LogP contribution in [0.4, 0.5) is 0 Å². The predicted octanol–water partition coefficient (Wildman–Crippen LogP) is 5.01. The standard InChI is InChI=1S/C19H18Cl2N4O4S/c1-11-22-23-19(25(11)13-6-4-12(20)5-7-13)30-18(10-24(26)27)14-8-16(28-2)17(29-3)9-15(14)21/h4-9,18H,10H2,1-3H3/t18-/m0/s1. The molecular formula is C19H18Cl2N4O4S. The first-order valence-electron chi connectivity index (χ1n) is 8.71. The summed E-state index contributed by atoms with van der Waals surface area (Å²) in [6, 6.07) is 10.4. The highest BCUT2D eigenvalue weighted by Crippen LogP contribution is 2.43. The van der Waals surface area contributed by atoms with Gasteiger partial charge in [0.05, 0.1) is 14.2 Å². The summed E-state index contributed by atoms with van der Waals surface area (Å²) in [7, 11) is 2.99. The van der Waals surface area contributed by atoms with Gasteiger partial charge in [-0.05, 0) is 42.8 Å². The smallest absolute Gasteiger partial charge is 0.220 e. The lowest BCUT2D eigenvalue weighted by Gasteiger charge is -2.17. The molecule has 0 aliphatic carbocycles. The fourth-order valence-electron chi connectivity index (χ4n) is 2.89. The van der Waals surface area contributed by atoms with Crippen molar-refractivity contribution >= 4 is 35.0 Å².